The van der Waals surface area contributed by atoms with E-state index < -0.39 is 26.7 Å². The lowest BCUT2D eigenvalue weighted by Crippen LogP contribution is -2.28. The van der Waals surface area contributed by atoms with Crippen molar-refractivity contribution in [1.29, 1.82) is 0 Å². The zero-order valence-electron chi connectivity index (χ0n) is 11.0. The molecule has 0 atom stereocenters. The molecule has 20 heavy (non-hydrogen) atoms. The van der Waals surface area contributed by atoms with Crippen LogP contribution in [-0.2, 0) is 16.2 Å². The smallest absolute Gasteiger partial charge is 0.207 e. The first-order valence-electron chi connectivity index (χ1n) is 5.93. The molecule has 3 nitrogen and oxygen atoms in total. The minimum atomic E-state index is -4.61. The molecular formula is C12H15ClF3NO2S. The Labute approximate surface area is 121 Å². The van der Waals surface area contributed by atoms with Crippen LogP contribution in [0.25, 0.3) is 0 Å². The molecule has 0 N–H and O–H groups in total. The van der Waals surface area contributed by atoms with Crippen LogP contribution in [0.1, 0.15) is 25.3 Å². The van der Waals surface area contributed by atoms with Gasteiger partial charge in [0.2, 0.25) is 10.0 Å². The zero-order valence-corrected chi connectivity index (χ0v) is 12.6. The van der Waals surface area contributed by atoms with Crippen molar-refractivity contribution in [3.05, 3.63) is 28.8 Å². The summed E-state index contributed by atoms with van der Waals surface area (Å²) in [6, 6.07) is 2.28. The second-order valence-corrected chi connectivity index (χ2v) is 6.74. The van der Waals surface area contributed by atoms with Gasteiger partial charge in [0.05, 0.1) is 10.6 Å². The number of benzene rings is 1. The van der Waals surface area contributed by atoms with Gasteiger partial charge in [-0.2, -0.15) is 13.2 Å². The van der Waals surface area contributed by atoms with Crippen LogP contribution in [0, 0.1) is 0 Å². The summed E-state index contributed by atoms with van der Waals surface area (Å²) in [5.74, 6) is 0. The van der Waals surface area contributed by atoms with Crippen molar-refractivity contribution < 1.29 is 21.6 Å². The van der Waals surface area contributed by atoms with Gasteiger partial charge < -0.3 is 0 Å². The number of sulfonamides is 1. The van der Waals surface area contributed by atoms with Crippen molar-refractivity contribution in [2.45, 2.75) is 30.8 Å². The Balaban J connectivity index is 3.24. The van der Waals surface area contributed by atoms with E-state index in [1.165, 1.54) is 7.05 Å². The molecule has 0 aromatic heterocycles. The van der Waals surface area contributed by atoms with E-state index >= 15 is 0 Å². The highest BCUT2D eigenvalue weighted by atomic mass is 35.5. The van der Waals surface area contributed by atoms with Gasteiger partial charge in [-0.15, -0.1) is 0 Å². The molecule has 0 bridgehead atoms. The SMILES string of the molecule is CCCCN(C)S(=O)(=O)c1cc(C(F)(F)F)ccc1Cl. The van der Waals surface area contributed by atoms with Crippen molar-refractivity contribution in [2.24, 2.45) is 0 Å². The van der Waals surface area contributed by atoms with E-state index in [0.717, 1.165) is 22.9 Å². The molecular weight excluding hydrogens is 315 g/mol. The van der Waals surface area contributed by atoms with Gasteiger partial charge in [-0.3, -0.25) is 0 Å². The molecule has 0 amide bonds. The molecule has 1 rings (SSSR count). The molecule has 1 aromatic carbocycles. The second-order valence-electron chi connectivity index (χ2n) is 4.32. The van der Waals surface area contributed by atoms with Gasteiger partial charge in [0.1, 0.15) is 4.90 Å². The third-order valence-corrected chi connectivity index (χ3v) is 5.11. The van der Waals surface area contributed by atoms with Crippen LogP contribution in [-0.4, -0.2) is 26.3 Å². The van der Waals surface area contributed by atoms with Crippen LogP contribution in [0.3, 0.4) is 0 Å². The van der Waals surface area contributed by atoms with Crippen molar-refractivity contribution in [3.63, 3.8) is 0 Å². The topological polar surface area (TPSA) is 37.4 Å². The van der Waals surface area contributed by atoms with E-state index in [2.05, 4.69) is 0 Å². The summed E-state index contributed by atoms with van der Waals surface area (Å²) < 4.78 is 63.4. The summed E-state index contributed by atoms with van der Waals surface area (Å²) in [4.78, 5) is -0.521. The summed E-state index contributed by atoms with van der Waals surface area (Å²) in [6.07, 6.45) is -3.22. The van der Waals surface area contributed by atoms with Gasteiger partial charge in [0, 0.05) is 13.6 Å². The predicted molar refractivity (Wildman–Crippen MR) is 71.2 cm³/mol. The molecule has 0 aliphatic heterocycles. The summed E-state index contributed by atoms with van der Waals surface area (Å²) in [7, 11) is -2.70. The van der Waals surface area contributed by atoms with Crippen molar-refractivity contribution >= 4 is 21.6 Å². The minimum Gasteiger partial charge on any atom is -0.207 e. The fraction of sp³-hybridized carbons (Fsp3) is 0.500. The molecule has 0 fully saturated rings. The molecule has 0 saturated carbocycles. The van der Waals surface area contributed by atoms with E-state index in [1.807, 2.05) is 6.92 Å². The monoisotopic (exact) mass is 329 g/mol. The van der Waals surface area contributed by atoms with E-state index in [4.69, 9.17) is 11.6 Å². The van der Waals surface area contributed by atoms with Crippen LogP contribution in [0.2, 0.25) is 5.02 Å². The highest BCUT2D eigenvalue weighted by molar-refractivity contribution is 7.89. The first kappa shape index (κ1) is 17.3. The van der Waals surface area contributed by atoms with Crippen molar-refractivity contribution in [2.75, 3.05) is 13.6 Å². The fourth-order valence-corrected chi connectivity index (χ4v) is 3.25. The minimum absolute atomic E-state index is 0.221. The number of halogens is 4. The largest absolute Gasteiger partial charge is 0.416 e. The molecule has 114 valence electrons. The Hall–Kier alpha value is -0.790. The highest BCUT2D eigenvalue weighted by Crippen LogP contribution is 2.34. The summed E-state index contributed by atoms with van der Waals surface area (Å²) >= 11 is 5.74. The van der Waals surface area contributed by atoms with E-state index in [0.29, 0.717) is 12.5 Å². The predicted octanol–water partition coefficient (Wildman–Crippen LogP) is 3.78. The van der Waals surface area contributed by atoms with Crippen LogP contribution in [0.4, 0.5) is 13.2 Å². The number of hydrogen-bond acceptors (Lipinski definition) is 2. The zero-order chi connectivity index (χ0) is 15.6. The molecule has 0 radical (unpaired) electrons. The Bertz CT molecular complexity index is 573. The first-order chi connectivity index (χ1) is 9.10. The molecule has 1 aromatic rings. The molecule has 0 saturated heterocycles. The Morgan fingerprint density at radius 3 is 2.40 bits per heavy atom. The van der Waals surface area contributed by atoms with Crippen LogP contribution in [0.15, 0.2) is 23.1 Å². The molecule has 0 heterocycles. The maximum absolute atomic E-state index is 12.6. The first-order valence-corrected chi connectivity index (χ1v) is 7.75. The second kappa shape index (κ2) is 6.32. The van der Waals surface area contributed by atoms with E-state index in [9.17, 15) is 21.6 Å². The van der Waals surface area contributed by atoms with Crippen LogP contribution in [0.5, 0.6) is 0 Å². The van der Waals surface area contributed by atoms with Gasteiger partial charge in [0.15, 0.2) is 0 Å². The van der Waals surface area contributed by atoms with Crippen LogP contribution >= 0.6 is 11.6 Å². The number of rotatable bonds is 5. The van der Waals surface area contributed by atoms with Crippen LogP contribution < -0.4 is 0 Å². The Morgan fingerprint density at radius 2 is 1.90 bits per heavy atom. The fourth-order valence-electron chi connectivity index (χ4n) is 1.55. The molecule has 8 heteroatoms. The normalized spacial score (nSPS) is 12.9. The quantitative estimate of drug-likeness (QED) is 0.824. The standard InChI is InChI=1S/C12H15ClF3NO2S/c1-3-4-7-17(2)20(18,19)11-8-9(12(14,15)16)5-6-10(11)13/h5-6,8H,3-4,7H2,1-2H3. The van der Waals surface area contributed by atoms with Crippen molar-refractivity contribution in [1.82, 2.24) is 4.31 Å². The van der Waals surface area contributed by atoms with E-state index in [-0.39, 0.29) is 11.6 Å². The van der Waals surface area contributed by atoms with Gasteiger partial charge in [-0.05, 0) is 24.6 Å². The maximum atomic E-state index is 12.6. The van der Waals surface area contributed by atoms with Gasteiger partial charge in [-0.1, -0.05) is 24.9 Å². The summed E-state index contributed by atoms with van der Waals surface area (Å²) in [6.45, 7) is 2.11. The summed E-state index contributed by atoms with van der Waals surface area (Å²) in [5, 5.41) is -0.221. The van der Waals surface area contributed by atoms with Gasteiger partial charge in [0.25, 0.3) is 0 Å². The number of nitrogens with zero attached hydrogens (tertiary/aromatic N) is 1. The lowest BCUT2D eigenvalue weighted by molar-refractivity contribution is -0.137. The average molecular weight is 330 g/mol. The molecule has 0 spiro atoms. The van der Waals surface area contributed by atoms with E-state index in [1.54, 1.807) is 0 Å². The third kappa shape index (κ3) is 3.86. The average Bonchev–Trinajstić information content (AvgIpc) is 2.34. The Morgan fingerprint density at radius 1 is 1.30 bits per heavy atom. The number of unbranched alkanes of at least 4 members (excludes halogenated alkanes) is 1. The molecule has 0 aliphatic rings. The lowest BCUT2D eigenvalue weighted by atomic mass is 10.2. The van der Waals surface area contributed by atoms with Crippen molar-refractivity contribution in [3.8, 4) is 0 Å². The van der Waals surface area contributed by atoms with Gasteiger partial charge in [-0.25, -0.2) is 12.7 Å². The lowest BCUT2D eigenvalue weighted by Gasteiger charge is -2.18. The molecule has 0 aliphatic carbocycles. The third-order valence-electron chi connectivity index (χ3n) is 2.77. The highest BCUT2D eigenvalue weighted by Gasteiger charge is 2.33. The molecule has 0 unspecified atom stereocenters. The number of hydrogen-bond donors (Lipinski definition) is 0. The Kier molecular flexibility index (Phi) is 5.46. The van der Waals surface area contributed by atoms with Gasteiger partial charge >= 0.3 is 6.18 Å². The maximum Gasteiger partial charge on any atom is 0.416 e. The summed E-state index contributed by atoms with van der Waals surface area (Å²) in [5.41, 5.74) is -1.04. The number of alkyl halides is 3.